The number of aromatic nitrogens is 1. The van der Waals surface area contributed by atoms with Crippen LogP contribution in [0.4, 0.5) is 0 Å². The van der Waals surface area contributed by atoms with E-state index in [4.69, 9.17) is 0 Å². The van der Waals surface area contributed by atoms with Gasteiger partial charge in [0.05, 0.1) is 0 Å². The molecule has 2 rings (SSSR count). The van der Waals surface area contributed by atoms with Crippen LogP contribution in [-0.4, -0.2) is 4.57 Å². The quantitative estimate of drug-likeness (QED) is 0.663. The fourth-order valence-electron chi connectivity index (χ4n) is 2.38. The lowest BCUT2D eigenvalue weighted by atomic mass is 10.0. The highest BCUT2D eigenvalue weighted by Crippen LogP contribution is 2.28. The van der Waals surface area contributed by atoms with Crippen molar-refractivity contribution >= 4 is 0 Å². The lowest BCUT2D eigenvalue weighted by Gasteiger charge is -2.08. The van der Waals surface area contributed by atoms with Gasteiger partial charge in [0.15, 0.2) is 0 Å². The minimum atomic E-state index is 1.05. The molecule has 0 unspecified atom stereocenters. The van der Waals surface area contributed by atoms with E-state index in [9.17, 15) is 0 Å². The third-order valence-corrected chi connectivity index (χ3v) is 3.17. The summed E-state index contributed by atoms with van der Waals surface area (Å²) in [5.41, 5.74) is 0. The number of aryl methyl sites for hydroxylation is 1. The van der Waals surface area contributed by atoms with Crippen molar-refractivity contribution in [2.24, 2.45) is 5.92 Å². The molecule has 1 heteroatoms. The Hall–Kier alpha value is -0.720. The Morgan fingerprint density at radius 3 is 2.46 bits per heavy atom. The molecule has 0 N–H and O–H groups in total. The van der Waals surface area contributed by atoms with E-state index in [1.165, 1.54) is 45.1 Å². The lowest BCUT2D eigenvalue weighted by Crippen LogP contribution is -1.98. The molecule has 1 nitrogen and oxygen atoms in total. The molecule has 1 aliphatic carbocycles. The van der Waals surface area contributed by atoms with E-state index in [-0.39, 0.29) is 0 Å². The van der Waals surface area contributed by atoms with E-state index in [1.54, 1.807) is 0 Å². The van der Waals surface area contributed by atoms with Crippen molar-refractivity contribution in [3.63, 3.8) is 0 Å². The van der Waals surface area contributed by atoms with Gasteiger partial charge in [-0.1, -0.05) is 25.7 Å². The largest absolute Gasteiger partial charge is 0.354 e. The Morgan fingerprint density at radius 1 is 1.08 bits per heavy atom. The molecule has 1 aromatic heterocycles. The first-order valence-electron chi connectivity index (χ1n) is 5.56. The van der Waals surface area contributed by atoms with Crippen LogP contribution in [0.15, 0.2) is 24.5 Å². The van der Waals surface area contributed by atoms with Crippen LogP contribution in [0.25, 0.3) is 0 Å². The summed E-state index contributed by atoms with van der Waals surface area (Å²) >= 11 is 0. The van der Waals surface area contributed by atoms with E-state index >= 15 is 0 Å². The van der Waals surface area contributed by atoms with Crippen LogP contribution < -0.4 is 0 Å². The van der Waals surface area contributed by atoms with Gasteiger partial charge in [-0.3, -0.25) is 0 Å². The van der Waals surface area contributed by atoms with Gasteiger partial charge in [0.1, 0.15) is 0 Å². The molecule has 0 aliphatic heterocycles. The van der Waals surface area contributed by atoms with E-state index in [2.05, 4.69) is 29.1 Å². The number of hydrogen-bond acceptors (Lipinski definition) is 0. The van der Waals surface area contributed by atoms with Gasteiger partial charge in [0.25, 0.3) is 0 Å². The van der Waals surface area contributed by atoms with Gasteiger partial charge in [0.2, 0.25) is 0 Å². The van der Waals surface area contributed by atoms with Crippen molar-refractivity contribution in [2.45, 2.75) is 45.1 Å². The summed E-state index contributed by atoms with van der Waals surface area (Å²) in [7, 11) is 0. The minimum Gasteiger partial charge on any atom is -0.354 e. The highest BCUT2D eigenvalue weighted by molar-refractivity contribution is 4.90. The van der Waals surface area contributed by atoms with Gasteiger partial charge in [-0.2, -0.15) is 0 Å². The third-order valence-electron chi connectivity index (χ3n) is 3.17. The second-order valence-corrected chi connectivity index (χ2v) is 4.21. The van der Waals surface area contributed by atoms with Gasteiger partial charge >= 0.3 is 0 Å². The Bertz CT molecular complexity index is 219. The molecule has 0 aromatic carbocycles. The van der Waals surface area contributed by atoms with E-state index in [0.29, 0.717) is 0 Å². The molecule has 0 spiro atoms. The first-order valence-corrected chi connectivity index (χ1v) is 5.56. The molecular weight excluding hydrogens is 158 g/mol. The first kappa shape index (κ1) is 8.86. The zero-order valence-corrected chi connectivity index (χ0v) is 8.28. The Balaban J connectivity index is 1.63. The van der Waals surface area contributed by atoms with E-state index < -0.39 is 0 Å². The number of rotatable bonds is 4. The monoisotopic (exact) mass is 177 g/mol. The molecule has 0 bridgehead atoms. The smallest absolute Gasteiger partial charge is 0.0219 e. The summed E-state index contributed by atoms with van der Waals surface area (Å²) in [4.78, 5) is 0. The van der Waals surface area contributed by atoms with Crippen LogP contribution in [-0.2, 0) is 6.54 Å². The normalized spacial score (nSPS) is 18.2. The summed E-state index contributed by atoms with van der Waals surface area (Å²) in [5, 5.41) is 0. The molecule has 0 amide bonds. The van der Waals surface area contributed by atoms with E-state index in [1.807, 2.05) is 0 Å². The second kappa shape index (κ2) is 4.50. The summed E-state index contributed by atoms with van der Waals surface area (Å²) in [5.74, 6) is 1.05. The van der Waals surface area contributed by atoms with Crippen molar-refractivity contribution < 1.29 is 0 Å². The van der Waals surface area contributed by atoms with Crippen molar-refractivity contribution in [1.82, 2.24) is 4.57 Å². The van der Waals surface area contributed by atoms with Crippen LogP contribution in [0.3, 0.4) is 0 Å². The molecule has 72 valence electrons. The summed E-state index contributed by atoms with van der Waals surface area (Å²) in [6.45, 7) is 1.21. The number of nitrogens with zero attached hydrogens (tertiary/aromatic N) is 1. The topological polar surface area (TPSA) is 4.93 Å². The average Bonchev–Trinajstić information content (AvgIpc) is 2.75. The third kappa shape index (κ3) is 2.61. The molecular formula is C12H19N. The van der Waals surface area contributed by atoms with Crippen molar-refractivity contribution in [3.05, 3.63) is 24.5 Å². The van der Waals surface area contributed by atoms with Crippen molar-refractivity contribution in [2.75, 3.05) is 0 Å². The van der Waals surface area contributed by atoms with Gasteiger partial charge in [-0.05, 0) is 30.9 Å². The molecule has 1 aliphatic rings. The Kier molecular flexibility index (Phi) is 3.07. The molecule has 1 saturated carbocycles. The zero-order valence-electron chi connectivity index (χ0n) is 8.28. The van der Waals surface area contributed by atoms with Crippen molar-refractivity contribution in [1.29, 1.82) is 0 Å². The highest BCUT2D eigenvalue weighted by atomic mass is 14.9. The van der Waals surface area contributed by atoms with Gasteiger partial charge in [0, 0.05) is 18.9 Å². The molecule has 1 fully saturated rings. The van der Waals surface area contributed by atoms with Crippen LogP contribution in [0, 0.1) is 5.92 Å². The zero-order chi connectivity index (χ0) is 8.93. The van der Waals surface area contributed by atoms with Crippen LogP contribution >= 0.6 is 0 Å². The second-order valence-electron chi connectivity index (χ2n) is 4.21. The summed E-state index contributed by atoms with van der Waals surface area (Å²) in [6, 6.07) is 4.21. The molecule has 0 saturated heterocycles. The van der Waals surface area contributed by atoms with Crippen LogP contribution in [0.2, 0.25) is 0 Å². The first-order chi connectivity index (χ1) is 6.45. The summed E-state index contributed by atoms with van der Waals surface area (Å²) < 4.78 is 2.29. The van der Waals surface area contributed by atoms with E-state index in [0.717, 1.165) is 5.92 Å². The van der Waals surface area contributed by atoms with Crippen molar-refractivity contribution in [3.8, 4) is 0 Å². The number of hydrogen-bond donors (Lipinski definition) is 0. The molecule has 13 heavy (non-hydrogen) atoms. The van der Waals surface area contributed by atoms with Gasteiger partial charge in [-0.15, -0.1) is 0 Å². The Morgan fingerprint density at radius 2 is 1.77 bits per heavy atom. The highest BCUT2D eigenvalue weighted by Gasteiger charge is 2.13. The summed E-state index contributed by atoms with van der Waals surface area (Å²) in [6.07, 6.45) is 13.1. The fourth-order valence-corrected chi connectivity index (χ4v) is 2.38. The fraction of sp³-hybridized carbons (Fsp3) is 0.667. The maximum atomic E-state index is 2.29. The Labute approximate surface area is 80.8 Å². The predicted octanol–water partition coefficient (Wildman–Crippen LogP) is 3.46. The molecule has 1 aromatic rings. The average molecular weight is 177 g/mol. The van der Waals surface area contributed by atoms with Gasteiger partial charge < -0.3 is 4.57 Å². The standard InChI is InChI=1S/C12H19N/c1-2-7-12(6-1)8-5-11-13-9-3-4-10-13/h3-4,9-10,12H,1-2,5-8,11H2. The maximum absolute atomic E-state index is 2.29. The molecule has 1 heterocycles. The predicted molar refractivity (Wildman–Crippen MR) is 55.6 cm³/mol. The molecule has 0 atom stereocenters. The minimum absolute atomic E-state index is 1.05. The maximum Gasteiger partial charge on any atom is 0.0219 e. The lowest BCUT2D eigenvalue weighted by molar-refractivity contribution is 0.459. The van der Waals surface area contributed by atoms with Gasteiger partial charge in [-0.25, -0.2) is 0 Å². The van der Waals surface area contributed by atoms with Crippen LogP contribution in [0.1, 0.15) is 38.5 Å². The van der Waals surface area contributed by atoms with Crippen LogP contribution in [0.5, 0.6) is 0 Å². The molecule has 0 radical (unpaired) electrons. The SMILES string of the molecule is c1ccn(CCCC2CCCC2)c1.